The number of anilines is 1. The zero-order chi connectivity index (χ0) is 13.7. The average molecular weight is 263 g/mol. The summed E-state index contributed by atoms with van der Waals surface area (Å²) >= 11 is 0. The van der Waals surface area contributed by atoms with Gasteiger partial charge in [-0.05, 0) is 5.92 Å². The normalized spacial score (nSPS) is 11.2. The minimum atomic E-state index is 0.100. The van der Waals surface area contributed by atoms with E-state index in [1.165, 1.54) is 0 Å². The first-order valence-electron chi connectivity index (χ1n) is 6.57. The first-order chi connectivity index (χ1) is 9.17. The van der Waals surface area contributed by atoms with E-state index in [2.05, 4.69) is 35.6 Å². The summed E-state index contributed by atoms with van der Waals surface area (Å²) in [6.07, 6.45) is 5.78. The highest BCUT2D eigenvalue weighted by molar-refractivity contribution is 5.33. The quantitative estimate of drug-likeness (QED) is 0.791. The lowest BCUT2D eigenvalue weighted by Gasteiger charge is -2.03. The van der Waals surface area contributed by atoms with Gasteiger partial charge in [0.05, 0.1) is 19.3 Å². The van der Waals surface area contributed by atoms with Crippen LogP contribution in [0.15, 0.2) is 24.7 Å². The van der Waals surface area contributed by atoms with E-state index in [1.54, 1.807) is 4.68 Å². The minimum Gasteiger partial charge on any atom is -0.394 e. The van der Waals surface area contributed by atoms with E-state index in [9.17, 15) is 0 Å². The number of nitrogens with zero attached hydrogens (tertiary/aromatic N) is 4. The van der Waals surface area contributed by atoms with E-state index in [4.69, 9.17) is 5.11 Å². The third-order valence-corrected chi connectivity index (χ3v) is 2.68. The van der Waals surface area contributed by atoms with Gasteiger partial charge in [-0.1, -0.05) is 13.8 Å². The van der Waals surface area contributed by atoms with Gasteiger partial charge in [-0.3, -0.25) is 9.36 Å². The van der Waals surface area contributed by atoms with Gasteiger partial charge < -0.3 is 10.4 Å². The summed E-state index contributed by atoms with van der Waals surface area (Å²) in [5, 5.41) is 20.7. The van der Waals surface area contributed by atoms with Gasteiger partial charge in [0, 0.05) is 37.1 Å². The molecule has 0 bridgehead atoms. The number of nitrogens with one attached hydrogen (secondary N) is 1. The molecule has 2 aromatic rings. The molecule has 6 nitrogen and oxygen atoms in total. The van der Waals surface area contributed by atoms with Crippen LogP contribution in [0.2, 0.25) is 0 Å². The monoisotopic (exact) mass is 263 g/mol. The molecule has 2 N–H and O–H groups in total. The van der Waals surface area contributed by atoms with E-state index in [-0.39, 0.29) is 6.61 Å². The van der Waals surface area contributed by atoms with Crippen LogP contribution >= 0.6 is 0 Å². The van der Waals surface area contributed by atoms with Crippen LogP contribution in [0.25, 0.3) is 0 Å². The van der Waals surface area contributed by atoms with Crippen molar-refractivity contribution >= 4 is 5.82 Å². The lowest BCUT2D eigenvalue weighted by Crippen LogP contribution is -2.05. The molecule has 0 spiro atoms. The smallest absolute Gasteiger partial charge is 0.148 e. The molecule has 0 radical (unpaired) electrons. The molecule has 104 valence electrons. The molecule has 0 fully saturated rings. The molecule has 0 aliphatic carbocycles. The zero-order valence-electron chi connectivity index (χ0n) is 11.5. The van der Waals surface area contributed by atoms with Crippen LogP contribution < -0.4 is 5.32 Å². The maximum absolute atomic E-state index is 8.82. The second-order valence-corrected chi connectivity index (χ2v) is 5.01. The number of aromatic nitrogens is 4. The van der Waals surface area contributed by atoms with Crippen molar-refractivity contribution in [3.63, 3.8) is 0 Å². The maximum Gasteiger partial charge on any atom is 0.148 e. The summed E-state index contributed by atoms with van der Waals surface area (Å²) in [5.74, 6) is 1.40. The Labute approximate surface area is 113 Å². The predicted molar refractivity (Wildman–Crippen MR) is 73.7 cm³/mol. The van der Waals surface area contributed by atoms with Crippen molar-refractivity contribution < 1.29 is 5.11 Å². The largest absolute Gasteiger partial charge is 0.394 e. The lowest BCUT2D eigenvalue weighted by molar-refractivity contribution is 0.269. The van der Waals surface area contributed by atoms with E-state index < -0.39 is 0 Å². The number of aliphatic hydroxyl groups excluding tert-OH is 1. The summed E-state index contributed by atoms with van der Waals surface area (Å²) in [7, 11) is 0. The third-order valence-electron chi connectivity index (χ3n) is 2.68. The second-order valence-electron chi connectivity index (χ2n) is 5.01. The summed E-state index contributed by atoms with van der Waals surface area (Å²) in [6.45, 7) is 6.61. The van der Waals surface area contributed by atoms with Crippen LogP contribution in [0.3, 0.4) is 0 Å². The van der Waals surface area contributed by atoms with Crippen LogP contribution in [0.1, 0.15) is 19.4 Å². The van der Waals surface area contributed by atoms with Crippen molar-refractivity contribution in [3.05, 3.63) is 30.2 Å². The van der Waals surface area contributed by atoms with Gasteiger partial charge in [0.15, 0.2) is 0 Å². The Bertz CT molecular complexity index is 503. The molecule has 0 aromatic carbocycles. The van der Waals surface area contributed by atoms with Gasteiger partial charge in [0.2, 0.25) is 0 Å². The molecule has 0 saturated carbocycles. The van der Waals surface area contributed by atoms with Gasteiger partial charge in [-0.15, -0.1) is 0 Å². The van der Waals surface area contributed by atoms with Gasteiger partial charge in [0.1, 0.15) is 5.82 Å². The molecular weight excluding hydrogens is 242 g/mol. The Balaban J connectivity index is 1.85. The van der Waals surface area contributed by atoms with E-state index in [0.29, 0.717) is 19.0 Å². The fourth-order valence-electron chi connectivity index (χ4n) is 1.85. The summed E-state index contributed by atoms with van der Waals surface area (Å²) in [4.78, 5) is 0. The maximum atomic E-state index is 8.82. The highest BCUT2D eigenvalue weighted by Gasteiger charge is 2.02. The molecule has 0 atom stereocenters. The molecule has 0 aliphatic rings. The number of aliphatic hydroxyl groups is 1. The van der Waals surface area contributed by atoms with Gasteiger partial charge in [-0.2, -0.15) is 10.2 Å². The van der Waals surface area contributed by atoms with Crippen molar-refractivity contribution in [2.75, 3.05) is 11.9 Å². The number of hydrogen-bond donors (Lipinski definition) is 2. The average Bonchev–Trinajstić information content (AvgIpc) is 2.96. The highest BCUT2D eigenvalue weighted by Crippen LogP contribution is 2.07. The molecule has 2 rings (SSSR count). The van der Waals surface area contributed by atoms with Gasteiger partial charge >= 0.3 is 0 Å². The van der Waals surface area contributed by atoms with Crippen LogP contribution in [0.4, 0.5) is 5.82 Å². The molecular formula is C13H21N5O. The Morgan fingerprint density at radius 3 is 2.95 bits per heavy atom. The second kappa shape index (κ2) is 6.38. The Kier molecular flexibility index (Phi) is 4.57. The molecule has 19 heavy (non-hydrogen) atoms. The fourth-order valence-corrected chi connectivity index (χ4v) is 1.85. The first kappa shape index (κ1) is 13.6. The molecule has 6 heteroatoms. The molecule has 0 amide bonds. The zero-order valence-corrected chi connectivity index (χ0v) is 11.5. The molecule has 2 aromatic heterocycles. The van der Waals surface area contributed by atoms with Crippen LogP contribution in [-0.2, 0) is 19.6 Å². The van der Waals surface area contributed by atoms with E-state index in [1.807, 2.05) is 23.1 Å². The highest BCUT2D eigenvalue weighted by atomic mass is 16.3. The summed E-state index contributed by atoms with van der Waals surface area (Å²) < 4.78 is 3.68. The molecule has 0 aliphatic heterocycles. The van der Waals surface area contributed by atoms with Crippen molar-refractivity contribution in [2.24, 2.45) is 5.92 Å². The van der Waals surface area contributed by atoms with Gasteiger partial charge in [-0.25, -0.2) is 0 Å². The molecule has 2 heterocycles. The van der Waals surface area contributed by atoms with Crippen LogP contribution in [0, 0.1) is 5.92 Å². The van der Waals surface area contributed by atoms with Crippen LogP contribution in [0.5, 0.6) is 0 Å². The van der Waals surface area contributed by atoms with Crippen molar-refractivity contribution in [3.8, 4) is 0 Å². The molecule has 0 saturated heterocycles. The SMILES string of the molecule is CC(C)Cn1cc(CNc2ccn(CCO)n2)cn1. The lowest BCUT2D eigenvalue weighted by atomic mass is 10.2. The standard InChI is InChI=1S/C13H21N5O/c1-11(2)9-18-10-12(8-15-18)7-14-13-3-4-17(16-13)5-6-19/h3-4,8,10-11,19H,5-7,9H2,1-2H3,(H,14,16). The van der Waals surface area contributed by atoms with E-state index in [0.717, 1.165) is 17.9 Å². The van der Waals surface area contributed by atoms with Gasteiger partial charge in [0.25, 0.3) is 0 Å². The molecule has 0 unspecified atom stereocenters. The Hall–Kier alpha value is -1.82. The summed E-state index contributed by atoms with van der Waals surface area (Å²) in [5.41, 5.74) is 1.14. The topological polar surface area (TPSA) is 67.9 Å². The third kappa shape index (κ3) is 4.10. The Morgan fingerprint density at radius 1 is 1.37 bits per heavy atom. The summed E-state index contributed by atoms with van der Waals surface area (Å²) in [6, 6.07) is 1.90. The fraction of sp³-hybridized carbons (Fsp3) is 0.538. The van der Waals surface area contributed by atoms with Crippen molar-refractivity contribution in [1.29, 1.82) is 0 Å². The number of rotatable bonds is 7. The van der Waals surface area contributed by atoms with Crippen molar-refractivity contribution in [2.45, 2.75) is 33.5 Å². The predicted octanol–water partition coefficient (Wildman–Crippen LogP) is 1.34. The minimum absolute atomic E-state index is 0.100. The van der Waals surface area contributed by atoms with Crippen molar-refractivity contribution in [1.82, 2.24) is 19.6 Å². The number of hydrogen-bond acceptors (Lipinski definition) is 4. The van der Waals surface area contributed by atoms with Crippen LogP contribution in [-0.4, -0.2) is 31.3 Å². The van der Waals surface area contributed by atoms with E-state index >= 15 is 0 Å². The Morgan fingerprint density at radius 2 is 2.21 bits per heavy atom. The first-order valence-corrected chi connectivity index (χ1v) is 6.57.